The highest BCUT2D eigenvalue weighted by atomic mass is 15.2. The zero-order valence-electron chi connectivity index (χ0n) is 6.96. The van der Waals surface area contributed by atoms with Gasteiger partial charge in [-0.15, -0.1) is 0 Å². The van der Waals surface area contributed by atoms with E-state index >= 15 is 0 Å². The van der Waals surface area contributed by atoms with Crippen LogP contribution >= 0.6 is 0 Å². The van der Waals surface area contributed by atoms with Gasteiger partial charge in [-0.1, -0.05) is 0 Å². The second-order valence-electron chi connectivity index (χ2n) is 3.23. The van der Waals surface area contributed by atoms with Crippen LogP contribution in [0.3, 0.4) is 0 Å². The molecule has 0 aliphatic carbocycles. The molecule has 2 heterocycles. The zero-order valence-corrected chi connectivity index (χ0v) is 6.96. The van der Waals surface area contributed by atoms with Gasteiger partial charge in [-0.05, 0) is 13.8 Å². The number of nitrogens with one attached hydrogen (secondary N) is 1. The molecule has 1 unspecified atom stereocenters. The van der Waals surface area contributed by atoms with E-state index in [4.69, 9.17) is 0 Å². The standard InChI is InChI=1S/C8H13N3/c1-6-4-11-5-7(2)10-8(11)3-9-6/h5-6,9H,3-4H2,1-2H3. The molecule has 0 saturated carbocycles. The summed E-state index contributed by atoms with van der Waals surface area (Å²) in [5, 5.41) is 3.37. The van der Waals surface area contributed by atoms with Gasteiger partial charge in [-0.25, -0.2) is 4.98 Å². The molecule has 1 aliphatic rings. The third-order valence-electron chi connectivity index (χ3n) is 2.06. The maximum atomic E-state index is 4.39. The van der Waals surface area contributed by atoms with Gasteiger partial charge in [0.1, 0.15) is 5.82 Å². The van der Waals surface area contributed by atoms with E-state index in [1.54, 1.807) is 0 Å². The Morgan fingerprint density at radius 1 is 1.73 bits per heavy atom. The number of rotatable bonds is 0. The highest BCUT2D eigenvalue weighted by molar-refractivity contribution is 5.04. The maximum Gasteiger partial charge on any atom is 0.123 e. The van der Waals surface area contributed by atoms with Gasteiger partial charge in [0.05, 0.1) is 12.2 Å². The highest BCUT2D eigenvalue weighted by Crippen LogP contribution is 2.08. The van der Waals surface area contributed by atoms with E-state index in [1.165, 1.54) is 5.82 Å². The molecule has 1 aromatic rings. The Hall–Kier alpha value is -0.830. The molecule has 1 atom stereocenters. The molecule has 3 heteroatoms. The Labute approximate surface area is 66.4 Å². The summed E-state index contributed by atoms with van der Waals surface area (Å²) in [6, 6.07) is 0.580. The molecule has 1 aliphatic heterocycles. The second-order valence-corrected chi connectivity index (χ2v) is 3.23. The number of imidazole rings is 1. The summed E-state index contributed by atoms with van der Waals surface area (Å²) in [6.45, 7) is 6.19. The molecule has 0 spiro atoms. The molecule has 1 aromatic heterocycles. The van der Waals surface area contributed by atoms with Crippen LogP contribution in [0, 0.1) is 6.92 Å². The zero-order chi connectivity index (χ0) is 7.84. The first-order chi connectivity index (χ1) is 5.25. The summed E-state index contributed by atoms with van der Waals surface area (Å²) in [4.78, 5) is 4.39. The SMILES string of the molecule is Cc1cn2c(n1)CNC(C)C2. The molecule has 2 rings (SSSR count). The first-order valence-electron chi connectivity index (χ1n) is 4.02. The smallest absolute Gasteiger partial charge is 0.123 e. The van der Waals surface area contributed by atoms with Crippen LogP contribution in [-0.4, -0.2) is 15.6 Å². The number of hydrogen-bond donors (Lipinski definition) is 1. The van der Waals surface area contributed by atoms with Gasteiger partial charge in [0.25, 0.3) is 0 Å². The van der Waals surface area contributed by atoms with Crippen molar-refractivity contribution in [3.63, 3.8) is 0 Å². The fourth-order valence-electron chi connectivity index (χ4n) is 1.52. The maximum absolute atomic E-state index is 4.39. The van der Waals surface area contributed by atoms with Gasteiger partial charge >= 0.3 is 0 Å². The fraction of sp³-hybridized carbons (Fsp3) is 0.625. The van der Waals surface area contributed by atoms with Crippen LogP contribution < -0.4 is 5.32 Å². The summed E-state index contributed by atoms with van der Waals surface area (Å²) >= 11 is 0. The van der Waals surface area contributed by atoms with Crippen LogP contribution in [0.15, 0.2) is 6.20 Å². The van der Waals surface area contributed by atoms with Crippen molar-refractivity contribution in [2.75, 3.05) is 0 Å². The number of aryl methyl sites for hydroxylation is 1. The molecule has 0 saturated heterocycles. The normalized spacial score (nSPS) is 23.3. The Kier molecular flexibility index (Phi) is 1.46. The molecule has 1 N–H and O–H groups in total. The molecule has 0 amide bonds. The first-order valence-corrected chi connectivity index (χ1v) is 4.02. The minimum absolute atomic E-state index is 0.580. The topological polar surface area (TPSA) is 29.9 Å². The van der Waals surface area contributed by atoms with Gasteiger partial charge in [-0.3, -0.25) is 0 Å². The van der Waals surface area contributed by atoms with Crippen LogP contribution in [0.4, 0.5) is 0 Å². The van der Waals surface area contributed by atoms with Crippen molar-refractivity contribution in [3.05, 3.63) is 17.7 Å². The quantitative estimate of drug-likeness (QED) is 0.591. The van der Waals surface area contributed by atoms with Crippen LogP contribution in [0.2, 0.25) is 0 Å². The van der Waals surface area contributed by atoms with E-state index in [2.05, 4.69) is 28.0 Å². The summed E-state index contributed by atoms with van der Waals surface area (Å²) in [5.41, 5.74) is 1.12. The van der Waals surface area contributed by atoms with Gasteiger partial charge < -0.3 is 9.88 Å². The summed E-state index contributed by atoms with van der Waals surface area (Å²) in [5.74, 6) is 1.17. The Balaban J connectivity index is 2.34. The minimum atomic E-state index is 0.580. The lowest BCUT2D eigenvalue weighted by atomic mass is 10.3. The molecular weight excluding hydrogens is 138 g/mol. The third kappa shape index (κ3) is 1.16. The average molecular weight is 151 g/mol. The number of fused-ring (bicyclic) bond motifs is 1. The van der Waals surface area contributed by atoms with Gasteiger partial charge in [0.15, 0.2) is 0 Å². The van der Waals surface area contributed by atoms with Crippen LogP contribution in [0.25, 0.3) is 0 Å². The number of hydrogen-bond acceptors (Lipinski definition) is 2. The van der Waals surface area contributed by atoms with Gasteiger partial charge in [-0.2, -0.15) is 0 Å². The lowest BCUT2D eigenvalue weighted by molar-refractivity contribution is 0.410. The van der Waals surface area contributed by atoms with Crippen LogP contribution in [0.5, 0.6) is 0 Å². The van der Waals surface area contributed by atoms with Crippen molar-refractivity contribution >= 4 is 0 Å². The largest absolute Gasteiger partial charge is 0.332 e. The van der Waals surface area contributed by atoms with E-state index in [9.17, 15) is 0 Å². The summed E-state index contributed by atoms with van der Waals surface area (Å²) in [6.07, 6.45) is 2.12. The van der Waals surface area contributed by atoms with E-state index in [0.717, 1.165) is 18.8 Å². The molecule has 11 heavy (non-hydrogen) atoms. The number of aromatic nitrogens is 2. The molecule has 3 nitrogen and oxygen atoms in total. The van der Waals surface area contributed by atoms with Crippen molar-refractivity contribution in [2.45, 2.75) is 33.0 Å². The predicted octanol–water partition coefficient (Wildman–Crippen LogP) is 0.683. The fourth-order valence-corrected chi connectivity index (χ4v) is 1.52. The lowest BCUT2D eigenvalue weighted by Crippen LogP contribution is -2.36. The molecule has 0 aromatic carbocycles. The molecule has 0 bridgehead atoms. The first kappa shape index (κ1) is 6.85. The van der Waals surface area contributed by atoms with E-state index < -0.39 is 0 Å². The summed E-state index contributed by atoms with van der Waals surface area (Å²) in [7, 11) is 0. The molecular formula is C8H13N3. The summed E-state index contributed by atoms with van der Waals surface area (Å²) < 4.78 is 2.23. The molecule has 0 radical (unpaired) electrons. The van der Waals surface area contributed by atoms with E-state index in [0.29, 0.717) is 6.04 Å². The Morgan fingerprint density at radius 2 is 2.55 bits per heavy atom. The van der Waals surface area contributed by atoms with Crippen LogP contribution in [0.1, 0.15) is 18.4 Å². The molecule has 0 fully saturated rings. The van der Waals surface area contributed by atoms with Crippen molar-refractivity contribution in [1.82, 2.24) is 14.9 Å². The Morgan fingerprint density at radius 3 is 3.36 bits per heavy atom. The van der Waals surface area contributed by atoms with Gasteiger partial charge in [0.2, 0.25) is 0 Å². The van der Waals surface area contributed by atoms with Gasteiger partial charge in [0, 0.05) is 18.8 Å². The highest BCUT2D eigenvalue weighted by Gasteiger charge is 2.14. The minimum Gasteiger partial charge on any atom is -0.332 e. The monoisotopic (exact) mass is 151 g/mol. The van der Waals surface area contributed by atoms with Crippen molar-refractivity contribution in [1.29, 1.82) is 0 Å². The second kappa shape index (κ2) is 2.34. The van der Waals surface area contributed by atoms with E-state index in [1.807, 2.05) is 6.92 Å². The van der Waals surface area contributed by atoms with Crippen LogP contribution in [-0.2, 0) is 13.1 Å². The molecule has 60 valence electrons. The van der Waals surface area contributed by atoms with Crippen molar-refractivity contribution in [2.24, 2.45) is 0 Å². The average Bonchev–Trinajstić information content (AvgIpc) is 2.27. The Bertz CT molecular complexity index is 264. The predicted molar refractivity (Wildman–Crippen MR) is 43.3 cm³/mol. The van der Waals surface area contributed by atoms with E-state index in [-0.39, 0.29) is 0 Å². The lowest BCUT2D eigenvalue weighted by Gasteiger charge is -2.21. The third-order valence-corrected chi connectivity index (χ3v) is 2.06. The number of nitrogens with zero attached hydrogens (tertiary/aromatic N) is 2. The van der Waals surface area contributed by atoms with Crippen molar-refractivity contribution in [3.8, 4) is 0 Å². The van der Waals surface area contributed by atoms with Crippen molar-refractivity contribution < 1.29 is 0 Å².